The molecule has 0 aromatic carbocycles. The van der Waals surface area contributed by atoms with E-state index in [-0.39, 0.29) is 0 Å². The third-order valence-corrected chi connectivity index (χ3v) is 3.43. The van der Waals surface area contributed by atoms with Crippen LogP contribution in [0.5, 0.6) is 0 Å². The van der Waals surface area contributed by atoms with Crippen LogP contribution in [0.4, 0.5) is 0 Å². The highest BCUT2D eigenvalue weighted by Gasteiger charge is 2.02. The van der Waals surface area contributed by atoms with Gasteiger partial charge in [0.1, 0.15) is 5.01 Å². The van der Waals surface area contributed by atoms with Crippen LogP contribution in [-0.4, -0.2) is 4.98 Å². The largest absolute Gasteiger partial charge is 0.244 e. The number of hydrogen-bond donors (Lipinski definition) is 0. The Labute approximate surface area is 77.3 Å². The molecule has 11 heavy (non-hydrogen) atoms. The van der Waals surface area contributed by atoms with Crippen LogP contribution in [0.1, 0.15) is 0 Å². The van der Waals surface area contributed by atoms with Crippen molar-refractivity contribution in [2.24, 2.45) is 0 Å². The fourth-order valence-corrected chi connectivity index (χ4v) is 2.57. The molecule has 0 radical (unpaired) electrons. The van der Waals surface area contributed by atoms with Gasteiger partial charge >= 0.3 is 0 Å². The first-order valence-corrected chi connectivity index (χ1v) is 5.14. The summed E-state index contributed by atoms with van der Waals surface area (Å²) < 4.78 is 0. The molecule has 2 aromatic rings. The smallest absolute Gasteiger partial charge is 0.133 e. The Morgan fingerprint density at radius 3 is 2.82 bits per heavy atom. The van der Waals surface area contributed by atoms with E-state index >= 15 is 0 Å². The number of nitrogens with zero attached hydrogens (tertiary/aromatic N) is 1. The zero-order valence-corrected chi connectivity index (χ0v) is 7.84. The Bertz CT molecular complexity index is 339. The van der Waals surface area contributed by atoms with Crippen LogP contribution in [0.15, 0.2) is 23.0 Å². The van der Waals surface area contributed by atoms with Gasteiger partial charge in [0, 0.05) is 17.0 Å². The molecule has 1 nitrogen and oxygen atoms in total. The number of aromatic nitrogens is 1. The van der Waals surface area contributed by atoms with Crippen molar-refractivity contribution in [3.63, 3.8) is 0 Å². The first-order chi connectivity index (χ1) is 5.36. The van der Waals surface area contributed by atoms with Crippen molar-refractivity contribution in [1.82, 2.24) is 4.98 Å². The molecule has 0 aliphatic carbocycles. The summed E-state index contributed by atoms with van der Waals surface area (Å²) in [5.41, 5.74) is 0. The zero-order chi connectivity index (χ0) is 7.68. The quantitative estimate of drug-likeness (QED) is 0.688. The molecule has 0 fully saturated rings. The molecule has 2 heterocycles. The van der Waals surface area contributed by atoms with Crippen LogP contribution < -0.4 is 0 Å². The van der Waals surface area contributed by atoms with Gasteiger partial charge in [-0.2, -0.15) is 0 Å². The minimum absolute atomic E-state index is 0.792. The minimum atomic E-state index is 0.792. The molecule has 0 atom stereocenters. The fraction of sp³-hybridized carbons (Fsp3) is 0. The SMILES string of the molecule is Clc1csc(-c2nccs2)c1. The molecule has 56 valence electrons. The van der Waals surface area contributed by atoms with Crippen molar-refractivity contribution in [2.75, 3.05) is 0 Å². The van der Waals surface area contributed by atoms with Crippen molar-refractivity contribution in [3.05, 3.63) is 28.0 Å². The molecule has 0 N–H and O–H groups in total. The van der Waals surface area contributed by atoms with Crippen LogP contribution in [0.25, 0.3) is 9.88 Å². The number of halogens is 1. The van der Waals surface area contributed by atoms with E-state index < -0.39 is 0 Å². The fourth-order valence-electron chi connectivity index (χ4n) is 0.770. The third kappa shape index (κ3) is 1.45. The molecule has 0 unspecified atom stereocenters. The van der Waals surface area contributed by atoms with Crippen LogP contribution >= 0.6 is 34.3 Å². The van der Waals surface area contributed by atoms with Gasteiger partial charge in [0.15, 0.2) is 0 Å². The van der Waals surface area contributed by atoms with Gasteiger partial charge in [-0.05, 0) is 6.07 Å². The van der Waals surface area contributed by atoms with Crippen molar-refractivity contribution in [1.29, 1.82) is 0 Å². The Balaban J connectivity index is 2.45. The van der Waals surface area contributed by atoms with E-state index in [1.165, 1.54) is 0 Å². The second-order valence-corrected chi connectivity index (χ2v) is 4.21. The standard InChI is InChI=1S/C7H4ClNS2/c8-5-3-6(11-4-5)7-9-1-2-10-7/h1-4H. The maximum absolute atomic E-state index is 5.76. The molecule has 2 rings (SSSR count). The molecule has 2 aromatic heterocycles. The Hall–Kier alpha value is -0.380. The molecule has 0 bridgehead atoms. The first-order valence-electron chi connectivity index (χ1n) is 3.00. The van der Waals surface area contributed by atoms with Crippen molar-refractivity contribution in [3.8, 4) is 9.88 Å². The lowest BCUT2D eigenvalue weighted by Crippen LogP contribution is -1.63. The summed E-state index contributed by atoms with van der Waals surface area (Å²) in [6, 6.07) is 1.94. The maximum atomic E-state index is 5.76. The average molecular weight is 202 g/mol. The molecule has 0 aliphatic rings. The van der Waals surface area contributed by atoms with Crippen LogP contribution in [0, 0.1) is 0 Å². The Morgan fingerprint density at radius 1 is 1.36 bits per heavy atom. The van der Waals surface area contributed by atoms with Gasteiger partial charge in [0.2, 0.25) is 0 Å². The van der Waals surface area contributed by atoms with Gasteiger partial charge < -0.3 is 0 Å². The van der Waals surface area contributed by atoms with E-state index in [4.69, 9.17) is 11.6 Å². The van der Waals surface area contributed by atoms with E-state index in [2.05, 4.69) is 4.98 Å². The van der Waals surface area contributed by atoms with Gasteiger partial charge in [0.25, 0.3) is 0 Å². The third-order valence-electron chi connectivity index (χ3n) is 1.21. The van der Waals surface area contributed by atoms with Gasteiger partial charge in [-0.3, -0.25) is 0 Å². The van der Waals surface area contributed by atoms with Gasteiger partial charge in [0.05, 0.1) is 9.90 Å². The maximum Gasteiger partial charge on any atom is 0.133 e. The topological polar surface area (TPSA) is 12.9 Å². The highest BCUT2D eigenvalue weighted by molar-refractivity contribution is 7.20. The molecule has 0 aliphatic heterocycles. The van der Waals surface area contributed by atoms with E-state index in [0.29, 0.717) is 0 Å². The normalized spacial score (nSPS) is 10.3. The number of hydrogen-bond acceptors (Lipinski definition) is 3. The second-order valence-electron chi connectivity index (χ2n) is 1.97. The monoisotopic (exact) mass is 201 g/mol. The molecule has 0 amide bonds. The van der Waals surface area contributed by atoms with Gasteiger partial charge in [-0.1, -0.05) is 11.6 Å². The summed E-state index contributed by atoms with van der Waals surface area (Å²) in [4.78, 5) is 5.31. The molecular weight excluding hydrogens is 198 g/mol. The zero-order valence-electron chi connectivity index (χ0n) is 5.45. The van der Waals surface area contributed by atoms with Crippen LogP contribution in [0.2, 0.25) is 5.02 Å². The van der Waals surface area contributed by atoms with Crippen molar-refractivity contribution in [2.45, 2.75) is 0 Å². The lowest BCUT2D eigenvalue weighted by atomic mass is 10.5. The number of thiophene rings is 1. The summed E-state index contributed by atoms with van der Waals surface area (Å²) in [5, 5.41) is 5.71. The van der Waals surface area contributed by atoms with Crippen LogP contribution in [0.3, 0.4) is 0 Å². The van der Waals surface area contributed by atoms with Gasteiger partial charge in [-0.15, -0.1) is 22.7 Å². The lowest BCUT2D eigenvalue weighted by Gasteiger charge is -1.83. The summed E-state index contributed by atoms with van der Waals surface area (Å²) >= 11 is 9.02. The van der Waals surface area contributed by atoms with Crippen molar-refractivity contribution < 1.29 is 0 Å². The molecule has 0 spiro atoms. The van der Waals surface area contributed by atoms with Gasteiger partial charge in [-0.25, -0.2) is 4.98 Å². The predicted octanol–water partition coefficient (Wildman–Crippen LogP) is 3.53. The highest BCUT2D eigenvalue weighted by Crippen LogP contribution is 2.30. The summed E-state index contributed by atoms with van der Waals surface area (Å²) in [7, 11) is 0. The Morgan fingerprint density at radius 2 is 2.27 bits per heavy atom. The van der Waals surface area contributed by atoms with E-state index in [1.54, 1.807) is 28.9 Å². The van der Waals surface area contributed by atoms with Crippen LogP contribution in [-0.2, 0) is 0 Å². The molecule has 0 saturated heterocycles. The summed E-state index contributed by atoms with van der Waals surface area (Å²) in [6.07, 6.45) is 1.80. The lowest BCUT2D eigenvalue weighted by molar-refractivity contribution is 1.43. The first kappa shape index (κ1) is 7.28. The van der Waals surface area contributed by atoms with E-state index in [1.807, 2.05) is 16.8 Å². The minimum Gasteiger partial charge on any atom is -0.244 e. The summed E-state index contributed by atoms with van der Waals surface area (Å²) in [6.45, 7) is 0. The number of rotatable bonds is 1. The summed E-state index contributed by atoms with van der Waals surface area (Å²) in [5.74, 6) is 0. The second kappa shape index (κ2) is 2.93. The van der Waals surface area contributed by atoms with E-state index in [0.717, 1.165) is 14.9 Å². The Kier molecular flexibility index (Phi) is 1.94. The van der Waals surface area contributed by atoms with Crippen molar-refractivity contribution >= 4 is 34.3 Å². The number of thiazole rings is 1. The molecule has 0 saturated carbocycles. The highest BCUT2D eigenvalue weighted by atomic mass is 35.5. The predicted molar refractivity (Wildman–Crippen MR) is 50.4 cm³/mol. The van der Waals surface area contributed by atoms with E-state index in [9.17, 15) is 0 Å². The molecular formula is C7H4ClNS2. The molecule has 4 heteroatoms. The average Bonchev–Trinajstić information content (AvgIpc) is 2.55.